The average molecular weight is 333 g/mol. The lowest BCUT2D eigenvalue weighted by atomic mass is 10.2. The van der Waals surface area contributed by atoms with Gasteiger partial charge in [-0.25, -0.2) is 14.3 Å². The van der Waals surface area contributed by atoms with Crippen LogP contribution < -0.4 is 16.0 Å². The zero-order chi connectivity index (χ0) is 16.4. The number of carbonyl (C=O) groups is 1. The molecule has 1 aromatic heterocycles. The normalized spacial score (nSPS) is 24.4. The van der Waals surface area contributed by atoms with Crippen molar-refractivity contribution in [3.8, 4) is 0 Å². The van der Waals surface area contributed by atoms with Gasteiger partial charge >= 0.3 is 11.8 Å². The Morgan fingerprint density at radius 2 is 2.23 bits per heavy atom. The van der Waals surface area contributed by atoms with E-state index in [2.05, 4.69) is 0 Å². The summed E-state index contributed by atoms with van der Waals surface area (Å²) in [5.74, 6) is 0. The first-order valence-corrected chi connectivity index (χ1v) is 7.08. The van der Waals surface area contributed by atoms with Crippen molar-refractivity contribution < 1.29 is 24.9 Å². The first-order valence-electron chi connectivity index (χ1n) is 6.30. The van der Waals surface area contributed by atoms with Crippen LogP contribution in [-0.2, 0) is 4.74 Å². The first kappa shape index (κ1) is 16.5. The molecule has 2 rings (SSSR count). The summed E-state index contributed by atoms with van der Waals surface area (Å²) < 4.78 is 8.97. The van der Waals surface area contributed by atoms with Crippen molar-refractivity contribution in [1.82, 2.24) is 13.3 Å². The van der Waals surface area contributed by atoms with Crippen molar-refractivity contribution >= 4 is 18.2 Å². The Labute approximate surface area is 128 Å². The smallest absolute Gasteiger partial charge is 0.416 e. The molecular formula is C11H15N3O7S. The third kappa shape index (κ3) is 3.16. The van der Waals surface area contributed by atoms with E-state index < -0.39 is 42.4 Å². The Balaban J connectivity index is 2.39. The number of carboxylic acid groups (broad SMARTS) is 1. The van der Waals surface area contributed by atoms with Crippen LogP contribution in [0.1, 0.15) is 18.2 Å². The molecule has 1 aliphatic heterocycles. The maximum Gasteiger partial charge on any atom is 0.416 e. The maximum atomic E-state index is 12.3. The highest BCUT2D eigenvalue weighted by molar-refractivity contribution is 7.96. The minimum absolute atomic E-state index is 0.0692. The van der Waals surface area contributed by atoms with Gasteiger partial charge in [-0.1, -0.05) is 0 Å². The average Bonchev–Trinajstić information content (AvgIpc) is 2.83. The van der Waals surface area contributed by atoms with Crippen LogP contribution in [0.25, 0.3) is 0 Å². The largest absolute Gasteiger partial charge is 0.464 e. The van der Waals surface area contributed by atoms with E-state index in [9.17, 15) is 19.5 Å². The summed E-state index contributed by atoms with van der Waals surface area (Å²) in [6.07, 6.45) is -2.66. The zero-order valence-corrected chi connectivity index (χ0v) is 12.3. The number of aliphatic hydroxyl groups is 2. The van der Waals surface area contributed by atoms with E-state index in [1.165, 1.54) is 13.1 Å². The number of ether oxygens (including phenoxy) is 1. The molecule has 0 aliphatic carbocycles. The molecule has 0 aromatic carbocycles. The number of nitrogens with one attached hydrogen (secondary N) is 1. The molecule has 4 N–H and O–H groups in total. The zero-order valence-electron chi connectivity index (χ0n) is 11.5. The van der Waals surface area contributed by atoms with Gasteiger partial charge in [0, 0.05) is 18.2 Å². The summed E-state index contributed by atoms with van der Waals surface area (Å²) in [6, 6.07) is 0. The Morgan fingerprint density at radius 1 is 1.55 bits per heavy atom. The Morgan fingerprint density at radius 3 is 2.77 bits per heavy atom. The topological polar surface area (TPSA) is 143 Å². The third-order valence-electron chi connectivity index (χ3n) is 3.17. The van der Waals surface area contributed by atoms with Gasteiger partial charge in [0.05, 0.1) is 24.8 Å². The third-order valence-corrected chi connectivity index (χ3v) is 3.94. The molecule has 1 unspecified atom stereocenters. The van der Waals surface area contributed by atoms with Crippen molar-refractivity contribution in [1.29, 1.82) is 0 Å². The number of hydrogen-bond acceptors (Lipinski definition) is 7. The molecular weight excluding hydrogens is 318 g/mol. The highest BCUT2D eigenvalue weighted by Gasteiger charge is 2.35. The molecule has 1 fully saturated rings. The van der Waals surface area contributed by atoms with E-state index in [0.29, 0.717) is 16.1 Å². The molecule has 1 aliphatic rings. The second kappa shape index (κ2) is 6.52. The molecule has 0 saturated carbocycles. The van der Waals surface area contributed by atoms with Gasteiger partial charge in [-0.15, -0.1) is 0 Å². The lowest BCUT2D eigenvalue weighted by Gasteiger charge is -2.16. The van der Waals surface area contributed by atoms with Crippen LogP contribution in [0.2, 0.25) is 0 Å². The van der Waals surface area contributed by atoms with Crippen molar-refractivity contribution in [3.63, 3.8) is 0 Å². The SMILES string of the molecule is Cc1cn([C@H]2CC(O)[C@@H](CO)O2)c(=O)n(SNC(=O)O)c1=O. The summed E-state index contributed by atoms with van der Waals surface area (Å²) in [7, 11) is 0. The number of aromatic nitrogens is 2. The monoisotopic (exact) mass is 333 g/mol. The van der Waals surface area contributed by atoms with Crippen molar-refractivity contribution in [3.05, 3.63) is 32.6 Å². The van der Waals surface area contributed by atoms with Gasteiger partial charge in [-0.2, -0.15) is 3.97 Å². The van der Waals surface area contributed by atoms with Gasteiger partial charge in [-0.3, -0.25) is 9.36 Å². The van der Waals surface area contributed by atoms with Crippen molar-refractivity contribution in [2.45, 2.75) is 31.8 Å². The number of rotatable bonds is 4. The van der Waals surface area contributed by atoms with Crippen LogP contribution in [0.4, 0.5) is 4.79 Å². The molecule has 1 saturated heterocycles. The van der Waals surface area contributed by atoms with Gasteiger partial charge in [0.15, 0.2) is 0 Å². The second-order valence-corrected chi connectivity index (χ2v) is 5.47. The fourth-order valence-corrected chi connectivity index (χ4v) is 2.66. The van der Waals surface area contributed by atoms with E-state index in [1.807, 2.05) is 4.72 Å². The Hall–Kier alpha value is -1.82. The molecule has 0 radical (unpaired) electrons. The van der Waals surface area contributed by atoms with Gasteiger partial charge in [0.25, 0.3) is 5.56 Å². The van der Waals surface area contributed by atoms with Gasteiger partial charge in [-0.05, 0) is 6.92 Å². The second-order valence-electron chi connectivity index (χ2n) is 4.71. The van der Waals surface area contributed by atoms with E-state index >= 15 is 0 Å². The molecule has 0 bridgehead atoms. The fraction of sp³-hybridized carbons (Fsp3) is 0.545. The summed E-state index contributed by atoms with van der Waals surface area (Å²) in [5, 5.41) is 27.3. The van der Waals surface area contributed by atoms with E-state index in [1.54, 1.807) is 0 Å². The van der Waals surface area contributed by atoms with E-state index in [0.717, 1.165) is 4.57 Å². The molecule has 11 heteroatoms. The molecule has 1 aromatic rings. The fourth-order valence-electron chi connectivity index (χ4n) is 2.09. The number of nitrogens with zero attached hydrogens (tertiary/aromatic N) is 2. The highest BCUT2D eigenvalue weighted by Crippen LogP contribution is 2.27. The number of amides is 1. The van der Waals surface area contributed by atoms with Crippen LogP contribution in [0.5, 0.6) is 0 Å². The quantitative estimate of drug-likeness (QED) is 0.495. The predicted molar refractivity (Wildman–Crippen MR) is 75.5 cm³/mol. The molecule has 10 nitrogen and oxygen atoms in total. The van der Waals surface area contributed by atoms with E-state index in [-0.39, 0.29) is 12.0 Å². The molecule has 0 spiro atoms. The molecule has 2 heterocycles. The summed E-state index contributed by atoms with van der Waals surface area (Å²) in [5.41, 5.74) is -1.26. The minimum atomic E-state index is -1.41. The van der Waals surface area contributed by atoms with Gasteiger partial charge < -0.3 is 20.1 Å². The summed E-state index contributed by atoms with van der Waals surface area (Å²) >= 11 is 0.330. The predicted octanol–water partition coefficient (Wildman–Crippen LogP) is -1.36. The van der Waals surface area contributed by atoms with Crippen LogP contribution in [0.15, 0.2) is 15.8 Å². The molecule has 22 heavy (non-hydrogen) atoms. The van der Waals surface area contributed by atoms with Gasteiger partial charge in [0.1, 0.15) is 12.3 Å². The van der Waals surface area contributed by atoms with Crippen LogP contribution in [0, 0.1) is 6.92 Å². The summed E-state index contributed by atoms with van der Waals surface area (Å²) in [6.45, 7) is 1.06. The van der Waals surface area contributed by atoms with Crippen molar-refractivity contribution in [2.24, 2.45) is 0 Å². The highest BCUT2D eigenvalue weighted by atomic mass is 32.2. The van der Waals surface area contributed by atoms with Gasteiger partial charge in [0.2, 0.25) is 0 Å². The van der Waals surface area contributed by atoms with Crippen molar-refractivity contribution in [2.75, 3.05) is 6.61 Å². The maximum absolute atomic E-state index is 12.3. The standard InChI is InChI=1S/C11H15N3O7S/c1-5-3-13(8-2-6(16)7(4-15)21-8)11(20)14(9(5)17)22-12-10(18)19/h3,6-8,12,15-16H,2,4H2,1H3,(H,18,19)/t6?,7-,8-/m1/s1. The first-order chi connectivity index (χ1) is 10.3. The molecule has 122 valence electrons. The number of aryl methyl sites for hydroxylation is 1. The lowest BCUT2D eigenvalue weighted by Crippen LogP contribution is -2.41. The molecule has 3 atom stereocenters. The van der Waals surface area contributed by atoms with Crippen LogP contribution in [0.3, 0.4) is 0 Å². The number of aliphatic hydroxyl groups excluding tert-OH is 2. The van der Waals surface area contributed by atoms with E-state index in [4.69, 9.17) is 14.9 Å². The minimum Gasteiger partial charge on any atom is -0.464 e. The van der Waals surface area contributed by atoms with Crippen LogP contribution in [-0.4, -0.2) is 48.8 Å². The van der Waals surface area contributed by atoms with Crippen LogP contribution >= 0.6 is 12.1 Å². The summed E-state index contributed by atoms with van der Waals surface area (Å²) in [4.78, 5) is 34.7. The molecule has 1 amide bonds. The number of hydrogen-bond donors (Lipinski definition) is 4. The Kier molecular flexibility index (Phi) is 4.90. The lowest BCUT2D eigenvalue weighted by molar-refractivity contribution is -0.0460. The Bertz CT molecular complexity index is 685.